The van der Waals surface area contributed by atoms with Gasteiger partial charge in [-0.25, -0.2) is 0 Å². The monoisotopic (exact) mass is 287 g/mol. The number of amides is 1. The number of hydrogen-bond acceptors (Lipinski definition) is 3. The summed E-state index contributed by atoms with van der Waals surface area (Å²) in [6, 6.07) is 2.04. The zero-order valence-electron chi connectivity index (χ0n) is 10.5. The third-order valence-electron chi connectivity index (χ3n) is 3.06. The lowest BCUT2D eigenvalue weighted by atomic mass is 10.2. The molecule has 1 aliphatic rings. The van der Waals surface area contributed by atoms with Crippen LogP contribution in [0.15, 0.2) is 6.07 Å². The first-order valence-corrected chi connectivity index (χ1v) is 7.48. The molecule has 0 fully saturated rings. The molecular formula is C13H18ClNO2S. The summed E-state index contributed by atoms with van der Waals surface area (Å²) in [5.41, 5.74) is 1.36. The van der Waals surface area contributed by atoms with Crippen molar-refractivity contribution in [2.24, 2.45) is 0 Å². The maximum atomic E-state index is 11.9. The molecule has 1 amide bonds. The van der Waals surface area contributed by atoms with Crippen molar-refractivity contribution in [3.05, 3.63) is 21.4 Å². The van der Waals surface area contributed by atoms with Crippen molar-refractivity contribution in [1.82, 2.24) is 5.32 Å². The van der Waals surface area contributed by atoms with E-state index in [1.807, 2.05) is 6.07 Å². The van der Waals surface area contributed by atoms with Crippen LogP contribution >= 0.6 is 22.9 Å². The molecule has 1 atom stereocenters. The van der Waals surface area contributed by atoms with E-state index in [1.165, 1.54) is 16.9 Å². The minimum absolute atomic E-state index is 0.0238. The van der Waals surface area contributed by atoms with Crippen LogP contribution in [0.25, 0.3) is 0 Å². The number of hydrogen-bond donors (Lipinski definition) is 1. The van der Waals surface area contributed by atoms with Crippen LogP contribution < -0.4 is 5.32 Å². The maximum Gasteiger partial charge on any atom is 0.261 e. The van der Waals surface area contributed by atoms with E-state index in [9.17, 15) is 4.79 Å². The molecule has 0 saturated heterocycles. The molecule has 100 valence electrons. The molecule has 1 aromatic heterocycles. The van der Waals surface area contributed by atoms with Gasteiger partial charge in [0.15, 0.2) is 0 Å². The number of carbonyl (C=O) groups excluding carboxylic acids is 1. The smallest absolute Gasteiger partial charge is 0.261 e. The Balaban J connectivity index is 1.77. The summed E-state index contributed by atoms with van der Waals surface area (Å²) in [7, 11) is 1.63. The molecule has 1 heterocycles. The fraction of sp³-hybridized carbons (Fsp3) is 0.615. The van der Waals surface area contributed by atoms with E-state index in [-0.39, 0.29) is 11.3 Å². The Morgan fingerprint density at radius 3 is 3.17 bits per heavy atom. The van der Waals surface area contributed by atoms with Crippen LogP contribution in [0, 0.1) is 0 Å². The van der Waals surface area contributed by atoms with Gasteiger partial charge in [0.25, 0.3) is 5.91 Å². The van der Waals surface area contributed by atoms with Crippen LogP contribution in [0.5, 0.6) is 0 Å². The number of fused-ring (bicyclic) bond motifs is 1. The number of thiophene rings is 1. The number of carbonyl (C=O) groups is 1. The number of aryl methyl sites for hydroxylation is 2. The topological polar surface area (TPSA) is 38.3 Å². The lowest BCUT2D eigenvalue weighted by Gasteiger charge is -2.08. The molecule has 0 aromatic carbocycles. The van der Waals surface area contributed by atoms with Crippen molar-refractivity contribution >= 4 is 28.8 Å². The summed E-state index contributed by atoms with van der Waals surface area (Å²) in [5.74, 6) is 0.0238. The Morgan fingerprint density at radius 1 is 1.61 bits per heavy atom. The van der Waals surface area contributed by atoms with Gasteiger partial charge in [-0.15, -0.1) is 22.9 Å². The number of alkyl halides is 1. The second-order valence-corrected chi connectivity index (χ2v) is 6.26. The number of rotatable bonds is 6. The maximum absolute atomic E-state index is 11.9. The zero-order valence-corrected chi connectivity index (χ0v) is 12.1. The molecule has 1 unspecified atom stereocenters. The summed E-state index contributed by atoms with van der Waals surface area (Å²) in [6.07, 6.45) is 4.21. The minimum atomic E-state index is -0.0383. The first-order valence-electron chi connectivity index (χ1n) is 6.23. The highest BCUT2D eigenvalue weighted by Crippen LogP contribution is 2.30. The van der Waals surface area contributed by atoms with Gasteiger partial charge in [0.05, 0.1) is 16.9 Å². The Morgan fingerprint density at radius 2 is 2.44 bits per heavy atom. The van der Waals surface area contributed by atoms with Gasteiger partial charge in [-0.2, -0.15) is 0 Å². The van der Waals surface area contributed by atoms with Crippen molar-refractivity contribution in [2.75, 3.05) is 20.3 Å². The van der Waals surface area contributed by atoms with Gasteiger partial charge in [-0.05, 0) is 37.3 Å². The number of methoxy groups -OCH3 is 1. The third-order valence-corrected chi connectivity index (χ3v) is 4.64. The average molecular weight is 288 g/mol. The molecule has 0 saturated carbocycles. The van der Waals surface area contributed by atoms with E-state index in [0.717, 1.165) is 24.1 Å². The minimum Gasteiger partial charge on any atom is -0.383 e. The largest absolute Gasteiger partial charge is 0.383 e. The van der Waals surface area contributed by atoms with Crippen molar-refractivity contribution in [3.8, 4) is 0 Å². The molecule has 5 heteroatoms. The molecular weight excluding hydrogens is 270 g/mol. The summed E-state index contributed by atoms with van der Waals surface area (Å²) >= 11 is 7.63. The average Bonchev–Trinajstić information content (AvgIpc) is 2.89. The second-order valence-electron chi connectivity index (χ2n) is 4.51. The lowest BCUT2D eigenvalue weighted by molar-refractivity contribution is 0.0955. The first kappa shape index (κ1) is 13.8. The van der Waals surface area contributed by atoms with Crippen LogP contribution in [-0.2, 0) is 17.6 Å². The second kappa shape index (κ2) is 6.55. The molecule has 3 nitrogen and oxygen atoms in total. The molecule has 0 bridgehead atoms. The molecule has 1 N–H and O–H groups in total. The Labute approximate surface area is 116 Å². The van der Waals surface area contributed by atoms with Gasteiger partial charge >= 0.3 is 0 Å². The van der Waals surface area contributed by atoms with Crippen molar-refractivity contribution in [2.45, 2.75) is 31.1 Å². The predicted molar refractivity (Wildman–Crippen MR) is 74.8 cm³/mol. The summed E-state index contributed by atoms with van der Waals surface area (Å²) < 4.78 is 4.94. The van der Waals surface area contributed by atoms with Gasteiger partial charge in [0.1, 0.15) is 0 Å². The molecule has 1 aliphatic carbocycles. The van der Waals surface area contributed by atoms with Crippen molar-refractivity contribution in [3.63, 3.8) is 0 Å². The fourth-order valence-corrected chi connectivity index (χ4v) is 3.54. The summed E-state index contributed by atoms with van der Waals surface area (Å²) in [5, 5.41) is 2.87. The molecule has 18 heavy (non-hydrogen) atoms. The molecule has 2 rings (SSSR count). The van der Waals surface area contributed by atoms with Crippen LogP contribution in [0.3, 0.4) is 0 Å². The van der Waals surface area contributed by atoms with Gasteiger partial charge < -0.3 is 10.1 Å². The van der Waals surface area contributed by atoms with Crippen molar-refractivity contribution < 1.29 is 9.53 Å². The first-order chi connectivity index (χ1) is 8.70. The summed E-state index contributed by atoms with van der Waals surface area (Å²) in [4.78, 5) is 14.1. The van der Waals surface area contributed by atoms with Gasteiger partial charge in [-0.3, -0.25) is 4.79 Å². The molecule has 0 radical (unpaired) electrons. The summed E-state index contributed by atoms with van der Waals surface area (Å²) in [6.45, 7) is 1.11. The van der Waals surface area contributed by atoms with Crippen LogP contribution in [0.1, 0.15) is 33.0 Å². The number of ether oxygens (including phenoxy) is 1. The third kappa shape index (κ3) is 3.46. The molecule has 0 aliphatic heterocycles. The zero-order chi connectivity index (χ0) is 13.0. The highest BCUT2D eigenvalue weighted by atomic mass is 35.5. The quantitative estimate of drug-likeness (QED) is 0.817. The molecule has 1 aromatic rings. The van der Waals surface area contributed by atoms with Gasteiger partial charge in [-0.1, -0.05) is 0 Å². The lowest BCUT2D eigenvalue weighted by Crippen LogP contribution is -2.26. The predicted octanol–water partition coefficient (Wildman–Crippen LogP) is 2.61. The number of halogens is 1. The normalized spacial score (nSPS) is 15.4. The van der Waals surface area contributed by atoms with Crippen molar-refractivity contribution in [1.29, 1.82) is 0 Å². The van der Waals surface area contributed by atoms with E-state index in [2.05, 4.69) is 5.32 Å². The SMILES string of the molecule is COCC(Cl)CCNC(=O)c1cc2c(s1)CCC2. The Kier molecular flexibility index (Phi) is 5.03. The standard InChI is InChI=1S/C13H18ClNO2S/c1-17-8-10(14)5-6-15-13(16)12-7-9-3-2-4-11(9)18-12/h7,10H,2-6,8H2,1H3,(H,15,16). The van der Waals surface area contributed by atoms with Crippen LogP contribution in [0.2, 0.25) is 0 Å². The van der Waals surface area contributed by atoms with E-state index in [0.29, 0.717) is 13.2 Å². The van der Waals surface area contributed by atoms with Crippen LogP contribution in [0.4, 0.5) is 0 Å². The Bertz CT molecular complexity index is 398. The Hall–Kier alpha value is -0.580. The van der Waals surface area contributed by atoms with E-state index in [4.69, 9.17) is 16.3 Å². The van der Waals surface area contributed by atoms with Crippen LogP contribution in [-0.4, -0.2) is 31.5 Å². The van der Waals surface area contributed by atoms with Gasteiger partial charge in [0, 0.05) is 18.5 Å². The van der Waals surface area contributed by atoms with Gasteiger partial charge in [0.2, 0.25) is 0 Å². The highest BCUT2D eigenvalue weighted by molar-refractivity contribution is 7.14. The highest BCUT2D eigenvalue weighted by Gasteiger charge is 2.18. The number of nitrogens with one attached hydrogen (secondary N) is 1. The molecule has 0 spiro atoms. The fourth-order valence-electron chi connectivity index (χ4n) is 2.13. The van der Waals surface area contributed by atoms with E-state index >= 15 is 0 Å². The van der Waals surface area contributed by atoms with E-state index < -0.39 is 0 Å². The van der Waals surface area contributed by atoms with E-state index in [1.54, 1.807) is 18.4 Å².